The Hall–Kier alpha value is -3.87. The average molecular weight is 371 g/mol. The third kappa shape index (κ3) is 2.40. The van der Waals surface area contributed by atoms with Gasteiger partial charge < -0.3 is 10.1 Å². The van der Waals surface area contributed by atoms with Crippen molar-refractivity contribution in [3.8, 4) is 22.7 Å². The fourth-order valence-corrected chi connectivity index (χ4v) is 3.54. The number of fused-ring (bicyclic) bond motifs is 2. The third-order valence-corrected chi connectivity index (χ3v) is 4.98. The number of aryl methyl sites for hydroxylation is 2. The number of hydrogen-bond donors (Lipinski definition) is 3. The molecule has 138 valence electrons. The van der Waals surface area contributed by atoms with Crippen molar-refractivity contribution >= 4 is 22.2 Å². The van der Waals surface area contributed by atoms with Crippen LogP contribution >= 0.6 is 0 Å². The maximum absolute atomic E-state index is 12.6. The Bertz CT molecular complexity index is 1400. The highest BCUT2D eigenvalue weighted by Gasteiger charge is 2.14. The lowest BCUT2D eigenvalue weighted by atomic mass is 10.0. The predicted octanol–water partition coefficient (Wildman–Crippen LogP) is 3.58. The van der Waals surface area contributed by atoms with Crippen molar-refractivity contribution in [3.05, 3.63) is 70.4 Å². The van der Waals surface area contributed by atoms with Crippen LogP contribution in [0.4, 0.5) is 0 Å². The number of nitrogens with one attached hydrogen (secondary N) is 2. The summed E-state index contributed by atoms with van der Waals surface area (Å²) in [7, 11) is 0. The summed E-state index contributed by atoms with van der Waals surface area (Å²) in [6.07, 6.45) is 3.49. The van der Waals surface area contributed by atoms with Crippen molar-refractivity contribution in [2.75, 3.05) is 0 Å². The fourth-order valence-electron chi connectivity index (χ4n) is 3.54. The van der Waals surface area contributed by atoms with Gasteiger partial charge in [0.25, 0.3) is 0 Å². The molecule has 0 fully saturated rings. The van der Waals surface area contributed by atoms with E-state index in [0.717, 1.165) is 27.6 Å². The van der Waals surface area contributed by atoms with Gasteiger partial charge in [-0.05, 0) is 61.4 Å². The monoisotopic (exact) mass is 371 g/mol. The lowest BCUT2D eigenvalue weighted by Gasteiger charge is -2.08. The number of aromatic amines is 2. The molecule has 5 aromatic rings. The quantitative estimate of drug-likeness (QED) is 0.442. The molecule has 0 aliphatic heterocycles. The van der Waals surface area contributed by atoms with Gasteiger partial charge in [0.1, 0.15) is 5.75 Å². The zero-order valence-electron chi connectivity index (χ0n) is 15.3. The number of H-pyrrole nitrogens is 2. The van der Waals surface area contributed by atoms with E-state index < -0.39 is 0 Å². The summed E-state index contributed by atoms with van der Waals surface area (Å²) in [4.78, 5) is 27.6. The molecule has 3 aromatic heterocycles. The number of phenolic OH excluding ortho intramolecular Hbond substituents is 1. The summed E-state index contributed by atoms with van der Waals surface area (Å²) in [5.74, 6) is 0.274. The second-order valence-corrected chi connectivity index (χ2v) is 6.90. The highest BCUT2D eigenvalue weighted by Crippen LogP contribution is 2.28. The summed E-state index contributed by atoms with van der Waals surface area (Å²) in [5.41, 5.74) is 5.31. The minimum absolute atomic E-state index is 0.274. The van der Waals surface area contributed by atoms with E-state index in [2.05, 4.69) is 15.0 Å². The summed E-state index contributed by atoms with van der Waals surface area (Å²) < 4.78 is 1.53. The molecule has 3 N–H and O–H groups in total. The summed E-state index contributed by atoms with van der Waals surface area (Å²) >= 11 is 0. The summed E-state index contributed by atoms with van der Waals surface area (Å²) in [6, 6.07) is 11.4. The largest absolute Gasteiger partial charge is 0.507 e. The first-order chi connectivity index (χ1) is 13.5. The molecule has 0 atom stereocenters. The summed E-state index contributed by atoms with van der Waals surface area (Å²) in [5, 5.41) is 11.0. The Labute approximate surface area is 159 Å². The van der Waals surface area contributed by atoms with Crippen LogP contribution in [0.25, 0.3) is 39.1 Å². The molecule has 0 radical (unpaired) electrons. The topological polar surface area (TPSA) is 99.6 Å². The molecule has 3 heterocycles. The number of benzene rings is 2. The Balaban J connectivity index is 1.74. The number of rotatable bonds is 2. The van der Waals surface area contributed by atoms with Crippen molar-refractivity contribution in [3.63, 3.8) is 0 Å². The minimum atomic E-state index is -0.292. The predicted molar refractivity (Wildman–Crippen MR) is 108 cm³/mol. The van der Waals surface area contributed by atoms with E-state index in [9.17, 15) is 9.90 Å². The van der Waals surface area contributed by atoms with Crippen LogP contribution in [-0.4, -0.2) is 29.6 Å². The molecular formula is C21H17N5O2. The molecular weight excluding hydrogens is 354 g/mol. The van der Waals surface area contributed by atoms with Gasteiger partial charge in [0, 0.05) is 22.7 Å². The maximum Gasteiger partial charge on any atom is 0.333 e. The first-order valence-corrected chi connectivity index (χ1v) is 8.87. The first kappa shape index (κ1) is 16.3. The number of imidazole rings is 1. The van der Waals surface area contributed by atoms with Crippen molar-refractivity contribution in [1.29, 1.82) is 0 Å². The molecule has 28 heavy (non-hydrogen) atoms. The molecule has 7 heteroatoms. The van der Waals surface area contributed by atoms with Crippen LogP contribution in [0.1, 0.15) is 11.1 Å². The maximum atomic E-state index is 12.6. The zero-order valence-corrected chi connectivity index (χ0v) is 15.3. The number of hydrogen-bond acceptors (Lipinski definition) is 4. The molecule has 7 nitrogen and oxygen atoms in total. The second kappa shape index (κ2) is 5.82. The number of phenols is 1. The van der Waals surface area contributed by atoms with Crippen molar-refractivity contribution < 1.29 is 5.11 Å². The minimum Gasteiger partial charge on any atom is -0.507 e. The highest BCUT2D eigenvalue weighted by molar-refractivity contribution is 5.82. The van der Waals surface area contributed by atoms with E-state index in [0.29, 0.717) is 22.7 Å². The normalized spacial score (nSPS) is 11.5. The number of aromatic nitrogens is 5. The van der Waals surface area contributed by atoms with E-state index in [-0.39, 0.29) is 11.4 Å². The van der Waals surface area contributed by atoms with Gasteiger partial charge in [-0.15, -0.1) is 0 Å². The molecule has 0 spiro atoms. The Morgan fingerprint density at radius 2 is 1.86 bits per heavy atom. The van der Waals surface area contributed by atoms with Crippen molar-refractivity contribution in [2.45, 2.75) is 13.8 Å². The molecule has 0 saturated carbocycles. The Morgan fingerprint density at radius 1 is 1.07 bits per heavy atom. The van der Waals surface area contributed by atoms with Crippen molar-refractivity contribution in [2.24, 2.45) is 0 Å². The van der Waals surface area contributed by atoms with Gasteiger partial charge in [-0.3, -0.25) is 4.98 Å². The van der Waals surface area contributed by atoms with Crippen LogP contribution in [0, 0.1) is 13.8 Å². The molecule has 2 aromatic carbocycles. The van der Waals surface area contributed by atoms with Crippen LogP contribution < -0.4 is 5.69 Å². The van der Waals surface area contributed by atoms with Gasteiger partial charge in [0.05, 0.1) is 17.6 Å². The zero-order chi connectivity index (χ0) is 19.4. The summed E-state index contributed by atoms with van der Waals surface area (Å²) in [6.45, 7) is 3.69. The van der Waals surface area contributed by atoms with Crippen LogP contribution in [0.15, 0.2) is 53.6 Å². The van der Waals surface area contributed by atoms with Gasteiger partial charge in [-0.2, -0.15) is 0 Å². The average Bonchev–Trinajstić information content (AvgIpc) is 3.27. The van der Waals surface area contributed by atoms with Gasteiger partial charge >= 0.3 is 5.69 Å². The fraction of sp³-hybridized carbons (Fsp3) is 0.0952. The Kier molecular flexibility index (Phi) is 3.39. The molecule has 5 rings (SSSR count). The molecule has 0 saturated heterocycles. The van der Waals surface area contributed by atoms with Crippen molar-refractivity contribution in [1.82, 2.24) is 24.5 Å². The van der Waals surface area contributed by atoms with E-state index in [1.807, 2.05) is 56.4 Å². The van der Waals surface area contributed by atoms with Crippen LogP contribution in [-0.2, 0) is 0 Å². The number of aromatic hydroxyl groups is 1. The lowest BCUT2D eigenvalue weighted by molar-refractivity contribution is 0.467. The SMILES string of the molecule is Cc1cc(-c2cnc3[nH]c(=O)n(-c4ccc5[nH]ccc5c4)c3n2)cc(C)c1O. The van der Waals surface area contributed by atoms with E-state index in [1.54, 1.807) is 6.20 Å². The molecule has 0 unspecified atom stereocenters. The Morgan fingerprint density at radius 3 is 2.64 bits per heavy atom. The standard InChI is InChI=1S/C21H17N5O2/c1-11-7-14(8-12(2)18(11)27)17-10-23-19-20(24-17)26(21(28)25-19)15-3-4-16-13(9-15)5-6-22-16/h3-10,22,27H,1-2H3,(H,23,25,28). The van der Waals surface area contributed by atoms with E-state index >= 15 is 0 Å². The van der Waals surface area contributed by atoms with Crippen LogP contribution in [0.2, 0.25) is 0 Å². The molecule has 0 aliphatic carbocycles. The van der Waals surface area contributed by atoms with E-state index in [1.165, 1.54) is 4.57 Å². The smallest absolute Gasteiger partial charge is 0.333 e. The molecule has 0 aliphatic rings. The molecule has 0 amide bonds. The second-order valence-electron chi connectivity index (χ2n) is 6.90. The van der Waals surface area contributed by atoms with Crippen LogP contribution in [0.3, 0.4) is 0 Å². The van der Waals surface area contributed by atoms with E-state index in [4.69, 9.17) is 4.98 Å². The highest BCUT2D eigenvalue weighted by atomic mass is 16.3. The van der Waals surface area contributed by atoms with Gasteiger partial charge in [0.15, 0.2) is 11.3 Å². The van der Waals surface area contributed by atoms with Gasteiger partial charge in [0.2, 0.25) is 0 Å². The third-order valence-electron chi connectivity index (χ3n) is 4.98. The van der Waals surface area contributed by atoms with Gasteiger partial charge in [-0.1, -0.05) is 0 Å². The first-order valence-electron chi connectivity index (χ1n) is 8.87. The van der Waals surface area contributed by atoms with Crippen LogP contribution in [0.5, 0.6) is 5.75 Å². The number of nitrogens with zero attached hydrogens (tertiary/aromatic N) is 3. The lowest BCUT2D eigenvalue weighted by Crippen LogP contribution is -2.14. The molecule has 0 bridgehead atoms. The van der Waals surface area contributed by atoms with Gasteiger partial charge in [-0.25, -0.2) is 19.3 Å².